The van der Waals surface area contributed by atoms with Gasteiger partial charge in [-0.1, -0.05) is 12.1 Å². The Labute approximate surface area is 169 Å². The summed E-state index contributed by atoms with van der Waals surface area (Å²) in [6.07, 6.45) is 5.09. The third-order valence-corrected chi connectivity index (χ3v) is 5.14. The zero-order valence-corrected chi connectivity index (χ0v) is 17.3. The number of ether oxygens (including phenoxy) is 1. The van der Waals surface area contributed by atoms with Gasteiger partial charge >= 0.3 is 0 Å². The highest BCUT2D eigenvalue weighted by atomic mass is 79.9. The van der Waals surface area contributed by atoms with Gasteiger partial charge in [-0.3, -0.25) is 0 Å². The number of hydrogen-bond acceptors (Lipinski definition) is 4. The van der Waals surface area contributed by atoms with Crippen LogP contribution in [-0.4, -0.2) is 24.3 Å². The molecule has 1 saturated carbocycles. The lowest BCUT2D eigenvalue weighted by atomic mass is 10.1. The number of benzene rings is 2. The fraction of sp³-hybridized carbons (Fsp3) is 0.300. The van der Waals surface area contributed by atoms with Crippen molar-refractivity contribution in [1.29, 1.82) is 0 Å². The highest BCUT2D eigenvalue weighted by Gasteiger charge is 2.22. The van der Waals surface area contributed by atoms with Crippen LogP contribution < -0.4 is 4.74 Å². The lowest BCUT2D eigenvalue weighted by Gasteiger charge is -2.08. The van der Waals surface area contributed by atoms with Crippen molar-refractivity contribution in [3.8, 4) is 11.5 Å². The highest BCUT2D eigenvalue weighted by molar-refractivity contribution is 9.10. The number of aromatic hydroxyl groups is 1. The van der Waals surface area contributed by atoms with E-state index >= 15 is 0 Å². The molecule has 0 heterocycles. The van der Waals surface area contributed by atoms with Gasteiger partial charge in [-0.25, -0.2) is 0 Å². The summed E-state index contributed by atoms with van der Waals surface area (Å²) in [5.74, 6) is 1.76. The van der Waals surface area contributed by atoms with Crippen molar-refractivity contribution in [2.24, 2.45) is 5.92 Å². The van der Waals surface area contributed by atoms with Crippen LogP contribution >= 0.6 is 31.9 Å². The Morgan fingerprint density at radius 1 is 0.962 bits per heavy atom. The van der Waals surface area contributed by atoms with E-state index < -0.39 is 0 Å². The van der Waals surface area contributed by atoms with E-state index in [-0.39, 0.29) is 5.75 Å². The number of carbonyl (C=O) groups is 2. The van der Waals surface area contributed by atoms with Crippen LogP contribution in [0.2, 0.25) is 0 Å². The molecule has 6 heteroatoms. The van der Waals surface area contributed by atoms with E-state index in [0.717, 1.165) is 46.4 Å². The molecule has 0 saturated heterocycles. The highest BCUT2D eigenvalue weighted by Crippen LogP contribution is 2.32. The Balaban J connectivity index is 0.000000197. The quantitative estimate of drug-likeness (QED) is 0.570. The van der Waals surface area contributed by atoms with E-state index in [4.69, 9.17) is 9.84 Å². The number of phenolic OH excluding ortho intramolecular Hbond substituents is 1. The van der Waals surface area contributed by atoms with Gasteiger partial charge in [0.1, 0.15) is 24.1 Å². The van der Waals surface area contributed by atoms with Crippen LogP contribution in [0.25, 0.3) is 0 Å². The normalized spacial score (nSPS) is 12.7. The van der Waals surface area contributed by atoms with E-state index in [1.54, 1.807) is 18.2 Å². The van der Waals surface area contributed by atoms with Crippen molar-refractivity contribution in [3.63, 3.8) is 0 Å². The van der Waals surface area contributed by atoms with Crippen LogP contribution in [0.3, 0.4) is 0 Å². The minimum absolute atomic E-state index is 0.171. The molecule has 0 aromatic heterocycles. The van der Waals surface area contributed by atoms with Crippen molar-refractivity contribution in [2.75, 3.05) is 6.61 Å². The molecule has 1 fully saturated rings. The summed E-state index contributed by atoms with van der Waals surface area (Å²) in [5, 5.41) is 9.16. The lowest BCUT2D eigenvalue weighted by Crippen LogP contribution is -2.00. The molecule has 0 bridgehead atoms. The van der Waals surface area contributed by atoms with Crippen molar-refractivity contribution < 1.29 is 19.4 Å². The fourth-order valence-corrected chi connectivity index (χ4v) is 2.76. The van der Waals surface area contributed by atoms with Gasteiger partial charge in [-0.2, -0.15) is 0 Å². The third kappa shape index (κ3) is 6.92. The largest absolute Gasteiger partial charge is 0.507 e. The SMILES string of the molecule is O=CCc1ccc(Br)c(O)c1.O=CCc1ccc(Br)c(OCC2CC2)c1. The van der Waals surface area contributed by atoms with Crippen LogP contribution in [0, 0.1) is 5.92 Å². The second-order valence-electron chi connectivity index (χ2n) is 6.05. The molecule has 0 aliphatic heterocycles. The Morgan fingerprint density at radius 3 is 2.08 bits per heavy atom. The first kappa shape index (κ1) is 20.6. The summed E-state index contributed by atoms with van der Waals surface area (Å²) < 4.78 is 7.29. The molecule has 26 heavy (non-hydrogen) atoms. The Hall–Kier alpha value is -1.66. The molecule has 138 valence electrons. The van der Waals surface area contributed by atoms with Crippen molar-refractivity contribution >= 4 is 44.4 Å². The van der Waals surface area contributed by atoms with Gasteiger partial charge in [0.15, 0.2) is 0 Å². The van der Waals surface area contributed by atoms with Crippen LogP contribution in [0.5, 0.6) is 11.5 Å². The predicted molar refractivity (Wildman–Crippen MR) is 108 cm³/mol. The monoisotopic (exact) mass is 482 g/mol. The average Bonchev–Trinajstić information content (AvgIpc) is 3.44. The van der Waals surface area contributed by atoms with Crippen LogP contribution in [0.4, 0.5) is 0 Å². The number of phenols is 1. The van der Waals surface area contributed by atoms with Gasteiger partial charge in [0.05, 0.1) is 15.6 Å². The number of carbonyl (C=O) groups excluding carboxylic acids is 2. The Morgan fingerprint density at radius 2 is 1.54 bits per heavy atom. The summed E-state index contributed by atoms with van der Waals surface area (Å²) >= 11 is 6.58. The van der Waals surface area contributed by atoms with Crippen LogP contribution in [0.1, 0.15) is 24.0 Å². The first-order chi connectivity index (χ1) is 12.5. The lowest BCUT2D eigenvalue weighted by molar-refractivity contribution is -0.108. The smallest absolute Gasteiger partial charge is 0.133 e. The fourth-order valence-electron chi connectivity index (χ4n) is 2.16. The molecule has 1 N–H and O–H groups in total. The molecule has 0 radical (unpaired) electrons. The second-order valence-corrected chi connectivity index (χ2v) is 7.76. The first-order valence-corrected chi connectivity index (χ1v) is 9.88. The molecule has 4 nitrogen and oxygen atoms in total. The molecule has 2 aromatic rings. The maximum absolute atomic E-state index is 10.4. The summed E-state index contributed by atoms with van der Waals surface area (Å²) in [6.45, 7) is 0.795. The summed E-state index contributed by atoms with van der Waals surface area (Å²) in [6, 6.07) is 10.9. The molecule has 2 aromatic carbocycles. The van der Waals surface area contributed by atoms with E-state index in [0.29, 0.717) is 17.3 Å². The molecule has 0 atom stereocenters. The standard InChI is InChI=1S/C12H13BrO2.C8H7BrO2/c13-11-4-3-9(5-6-14)7-12(11)15-8-10-1-2-10;9-7-2-1-6(3-4-10)5-8(7)11/h3-4,6-7,10H,1-2,5,8H2;1-2,4-5,11H,3H2. The van der Waals surface area contributed by atoms with Gasteiger partial charge in [-0.15, -0.1) is 0 Å². The van der Waals surface area contributed by atoms with Crippen LogP contribution in [-0.2, 0) is 22.4 Å². The topological polar surface area (TPSA) is 63.6 Å². The minimum Gasteiger partial charge on any atom is -0.507 e. The molecular formula is C20H20Br2O4. The Kier molecular flexibility index (Phi) is 8.32. The molecular weight excluding hydrogens is 464 g/mol. The molecule has 0 unspecified atom stereocenters. The molecule has 0 spiro atoms. The Bertz CT molecular complexity index is 757. The van der Waals surface area contributed by atoms with Crippen molar-refractivity contribution in [1.82, 2.24) is 0 Å². The first-order valence-electron chi connectivity index (χ1n) is 8.29. The average molecular weight is 484 g/mol. The van der Waals surface area contributed by atoms with Gasteiger partial charge in [0, 0.05) is 12.8 Å². The van der Waals surface area contributed by atoms with E-state index in [2.05, 4.69) is 31.9 Å². The van der Waals surface area contributed by atoms with Crippen molar-refractivity contribution in [3.05, 3.63) is 56.5 Å². The number of halogens is 2. The molecule has 3 rings (SSSR count). The number of rotatable bonds is 7. The molecule has 1 aliphatic rings. The third-order valence-electron chi connectivity index (χ3n) is 3.82. The minimum atomic E-state index is 0.171. The molecule has 0 amide bonds. The predicted octanol–water partition coefficient (Wildman–Crippen LogP) is 4.88. The molecule has 1 aliphatic carbocycles. The summed E-state index contributed by atoms with van der Waals surface area (Å²) in [5.41, 5.74) is 1.82. The van der Waals surface area contributed by atoms with Gasteiger partial charge < -0.3 is 19.4 Å². The second kappa shape index (κ2) is 10.5. The summed E-state index contributed by atoms with van der Waals surface area (Å²) in [4.78, 5) is 20.5. The van der Waals surface area contributed by atoms with Crippen molar-refractivity contribution in [2.45, 2.75) is 25.7 Å². The summed E-state index contributed by atoms with van der Waals surface area (Å²) in [7, 11) is 0. The van der Waals surface area contributed by atoms with Crippen LogP contribution in [0.15, 0.2) is 45.3 Å². The maximum atomic E-state index is 10.4. The zero-order chi connectivity index (χ0) is 18.9. The zero-order valence-electron chi connectivity index (χ0n) is 14.2. The number of aldehydes is 2. The van der Waals surface area contributed by atoms with Gasteiger partial charge in [0.2, 0.25) is 0 Å². The van der Waals surface area contributed by atoms with Gasteiger partial charge in [-0.05, 0) is 86.0 Å². The van der Waals surface area contributed by atoms with E-state index in [1.165, 1.54) is 12.8 Å². The van der Waals surface area contributed by atoms with E-state index in [1.807, 2.05) is 18.2 Å². The van der Waals surface area contributed by atoms with E-state index in [9.17, 15) is 9.59 Å². The maximum Gasteiger partial charge on any atom is 0.133 e. The van der Waals surface area contributed by atoms with Gasteiger partial charge in [0.25, 0.3) is 0 Å². The number of hydrogen-bond donors (Lipinski definition) is 1.